The van der Waals surface area contributed by atoms with Crippen molar-refractivity contribution < 1.29 is 18.7 Å². The van der Waals surface area contributed by atoms with Crippen molar-refractivity contribution in [1.29, 1.82) is 0 Å². The Balaban J connectivity index is 1.14. The number of benzene rings is 1. The lowest BCUT2D eigenvalue weighted by molar-refractivity contribution is -0.115. The van der Waals surface area contributed by atoms with Crippen LogP contribution in [0.5, 0.6) is 5.75 Å². The number of hydrogen-bond acceptors (Lipinski definition) is 6. The highest BCUT2D eigenvalue weighted by atomic mass is 32.1. The van der Waals surface area contributed by atoms with Crippen LogP contribution in [0.15, 0.2) is 35.8 Å². The topological polar surface area (TPSA) is 98.1 Å². The largest absolute Gasteiger partial charge is 0.490 e. The number of thiazole rings is 1. The molecule has 10 heteroatoms. The third kappa shape index (κ3) is 5.74. The Morgan fingerprint density at radius 2 is 2.14 bits per heavy atom. The maximum Gasteiger partial charge on any atom is 0.272 e. The minimum Gasteiger partial charge on any atom is -0.490 e. The number of ether oxygens (including phenoxy) is 1. The van der Waals surface area contributed by atoms with Gasteiger partial charge >= 0.3 is 0 Å². The number of unbranched alkanes of at least 4 members (excludes halogenated alkanes) is 1. The predicted molar refractivity (Wildman–Crippen MR) is 134 cm³/mol. The van der Waals surface area contributed by atoms with Gasteiger partial charge in [0.1, 0.15) is 22.8 Å². The Morgan fingerprint density at radius 3 is 2.89 bits per heavy atom. The van der Waals surface area contributed by atoms with Crippen molar-refractivity contribution in [3.8, 4) is 28.8 Å². The quantitative estimate of drug-likeness (QED) is 0.420. The Bertz CT molecular complexity index is 1350. The Kier molecular flexibility index (Phi) is 6.74. The lowest BCUT2D eigenvalue weighted by Crippen LogP contribution is -2.33. The van der Waals surface area contributed by atoms with Gasteiger partial charge in [-0.3, -0.25) is 14.3 Å². The van der Waals surface area contributed by atoms with E-state index >= 15 is 0 Å². The summed E-state index contributed by atoms with van der Waals surface area (Å²) in [4.78, 5) is 29.2. The summed E-state index contributed by atoms with van der Waals surface area (Å²) >= 11 is 1.21. The zero-order valence-electron chi connectivity index (χ0n) is 19.8. The van der Waals surface area contributed by atoms with E-state index < -0.39 is 17.6 Å². The molecule has 0 saturated heterocycles. The predicted octanol–water partition coefficient (Wildman–Crippen LogP) is 4.35. The van der Waals surface area contributed by atoms with E-state index in [4.69, 9.17) is 4.74 Å². The van der Waals surface area contributed by atoms with Crippen LogP contribution in [0.2, 0.25) is 0 Å². The molecule has 2 heterocycles. The van der Waals surface area contributed by atoms with Crippen molar-refractivity contribution in [2.24, 2.45) is 0 Å². The molecule has 2 N–H and O–H groups in total. The Hall–Kier alpha value is -3.71. The summed E-state index contributed by atoms with van der Waals surface area (Å²) in [7, 11) is 0. The average molecular weight is 508 g/mol. The van der Waals surface area contributed by atoms with Crippen LogP contribution in [0.25, 0.3) is 11.3 Å². The summed E-state index contributed by atoms with van der Waals surface area (Å²) in [6, 6.07) is 6.10. The molecule has 2 fully saturated rings. The molecule has 2 amide bonds. The number of nitrogens with zero attached hydrogens (tertiary/aromatic N) is 3. The maximum atomic E-state index is 14.0. The van der Waals surface area contributed by atoms with E-state index in [2.05, 4.69) is 39.5 Å². The van der Waals surface area contributed by atoms with Crippen molar-refractivity contribution in [2.45, 2.75) is 57.1 Å². The van der Waals surface area contributed by atoms with Gasteiger partial charge in [0.05, 0.1) is 18.3 Å². The fourth-order valence-corrected chi connectivity index (χ4v) is 4.34. The summed E-state index contributed by atoms with van der Waals surface area (Å²) in [6.45, 7) is 1.85. The molecule has 0 unspecified atom stereocenters. The van der Waals surface area contributed by atoms with Gasteiger partial charge < -0.3 is 15.4 Å². The number of rotatable bonds is 9. The fourth-order valence-electron chi connectivity index (χ4n) is 3.60. The molecular formula is C26H26FN5O3S. The molecule has 186 valence electrons. The minimum absolute atomic E-state index is 0.156. The first-order valence-electron chi connectivity index (χ1n) is 12.0. The number of carbonyl (C=O) groups is 2. The minimum atomic E-state index is -0.441. The van der Waals surface area contributed by atoms with E-state index in [1.807, 2.05) is 0 Å². The van der Waals surface area contributed by atoms with Gasteiger partial charge in [-0.2, -0.15) is 5.10 Å². The van der Waals surface area contributed by atoms with Gasteiger partial charge in [0.25, 0.3) is 5.91 Å². The first-order valence-corrected chi connectivity index (χ1v) is 12.9. The Morgan fingerprint density at radius 1 is 1.31 bits per heavy atom. The van der Waals surface area contributed by atoms with Gasteiger partial charge in [-0.1, -0.05) is 12.8 Å². The Labute approximate surface area is 212 Å². The molecule has 8 nitrogen and oxygen atoms in total. The van der Waals surface area contributed by atoms with Gasteiger partial charge in [0, 0.05) is 29.6 Å². The van der Waals surface area contributed by atoms with Gasteiger partial charge in [-0.25, -0.2) is 9.37 Å². The molecular weight excluding hydrogens is 481 g/mol. The molecule has 0 bridgehead atoms. The number of aromatic nitrogens is 3. The van der Waals surface area contributed by atoms with Gasteiger partial charge in [-0.05, 0) is 50.3 Å². The highest BCUT2D eigenvalue weighted by Crippen LogP contribution is 2.42. The van der Waals surface area contributed by atoms with Crippen LogP contribution < -0.4 is 15.4 Å². The van der Waals surface area contributed by atoms with E-state index in [1.165, 1.54) is 23.5 Å². The first kappa shape index (κ1) is 24.0. The number of nitrogens with one attached hydrogen (secondary N) is 2. The zero-order valence-corrected chi connectivity index (χ0v) is 20.7. The molecule has 0 aliphatic heterocycles. The van der Waals surface area contributed by atoms with Gasteiger partial charge in [-0.15, -0.1) is 17.3 Å². The molecule has 36 heavy (non-hydrogen) atoms. The van der Waals surface area contributed by atoms with E-state index in [-0.39, 0.29) is 23.9 Å². The lowest BCUT2D eigenvalue weighted by atomic mass is 10.1. The molecule has 0 atom stereocenters. The van der Waals surface area contributed by atoms with Gasteiger partial charge in [0.2, 0.25) is 5.91 Å². The lowest BCUT2D eigenvalue weighted by Gasteiger charge is -2.08. The molecule has 1 aromatic carbocycles. The fraction of sp³-hybridized carbons (Fsp3) is 0.385. The smallest absolute Gasteiger partial charge is 0.272 e. The second-order valence-electron chi connectivity index (χ2n) is 8.99. The SMILES string of the molecule is CCCC#CC1(n2ccc(C(=O)NCC(=O)Nc3nc(-c4cc(F)cc(OC5CC5)c4)cs3)n2)CC1. The van der Waals surface area contributed by atoms with Crippen molar-refractivity contribution in [3.63, 3.8) is 0 Å². The summed E-state index contributed by atoms with van der Waals surface area (Å²) in [6.07, 6.45) is 7.53. The van der Waals surface area contributed by atoms with E-state index in [0.717, 1.165) is 38.5 Å². The highest BCUT2D eigenvalue weighted by Gasteiger charge is 2.44. The van der Waals surface area contributed by atoms with Gasteiger partial charge in [0.15, 0.2) is 5.13 Å². The molecule has 5 rings (SSSR count). The van der Waals surface area contributed by atoms with E-state index in [0.29, 0.717) is 22.1 Å². The average Bonchev–Trinajstić information content (AvgIpc) is 3.73. The molecule has 3 aromatic rings. The second-order valence-corrected chi connectivity index (χ2v) is 9.85. The van der Waals surface area contributed by atoms with Crippen LogP contribution in [0.1, 0.15) is 55.9 Å². The normalized spacial score (nSPS) is 15.5. The highest BCUT2D eigenvalue weighted by molar-refractivity contribution is 7.14. The molecule has 2 saturated carbocycles. The maximum absolute atomic E-state index is 14.0. The van der Waals surface area contributed by atoms with Crippen LogP contribution in [-0.2, 0) is 10.3 Å². The zero-order chi connectivity index (χ0) is 25.1. The molecule has 0 radical (unpaired) electrons. The monoisotopic (exact) mass is 507 g/mol. The summed E-state index contributed by atoms with van der Waals surface area (Å²) in [5, 5.41) is 11.7. The van der Waals surface area contributed by atoms with E-state index in [9.17, 15) is 14.0 Å². The summed E-state index contributed by atoms with van der Waals surface area (Å²) in [5.41, 5.74) is 1.03. The van der Waals surface area contributed by atoms with Crippen molar-refractivity contribution in [2.75, 3.05) is 11.9 Å². The third-order valence-corrected chi connectivity index (χ3v) is 6.59. The number of amides is 2. The number of carbonyl (C=O) groups excluding carboxylic acids is 2. The molecule has 2 aromatic heterocycles. The van der Waals surface area contributed by atoms with Crippen LogP contribution in [0, 0.1) is 17.7 Å². The van der Waals surface area contributed by atoms with Crippen LogP contribution in [0.4, 0.5) is 9.52 Å². The van der Waals surface area contributed by atoms with Crippen LogP contribution in [0.3, 0.4) is 0 Å². The van der Waals surface area contributed by atoms with E-state index in [1.54, 1.807) is 28.4 Å². The number of anilines is 1. The molecule has 2 aliphatic carbocycles. The third-order valence-electron chi connectivity index (χ3n) is 5.83. The van der Waals surface area contributed by atoms with Crippen molar-refractivity contribution in [3.05, 3.63) is 47.4 Å². The number of halogens is 1. The van der Waals surface area contributed by atoms with Crippen molar-refractivity contribution >= 4 is 28.3 Å². The summed E-state index contributed by atoms with van der Waals surface area (Å²) < 4.78 is 21.5. The van der Waals surface area contributed by atoms with Crippen molar-refractivity contribution in [1.82, 2.24) is 20.1 Å². The first-order chi connectivity index (χ1) is 17.4. The second kappa shape index (κ2) is 10.1. The van der Waals surface area contributed by atoms with Crippen LogP contribution >= 0.6 is 11.3 Å². The standard InChI is InChI=1S/C26H26FN5O3S/c1-2-3-4-8-26(9-10-26)32-11-7-21(31-32)24(34)28-15-23(33)30-25-29-22(16-36-25)17-12-18(27)14-20(13-17)35-19-5-6-19/h7,11-14,16,19H,2-3,5-6,9-10,15H2,1H3,(H,28,34)(H,29,30,33). The summed E-state index contributed by atoms with van der Waals surface area (Å²) in [5.74, 6) is 5.63. The molecule has 0 spiro atoms. The molecule has 2 aliphatic rings. The number of hydrogen-bond donors (Lipinski definition) is 2. The van der Waals surface area contributed by atoms with Crippen LogP contribution in [-0.4, -0.2) is 39.2 Å².